The minimum Gasteiger partial charge on any atom is -0.311 e. The minimum absolute atomic E-state index is 0.224. The highest BCUT2D eigenvalue weighted by atomic mass is 14.9. The number of hydrogen-bond acceptors (Lipinski definition) is 3. The normalized spacial score (nSPS) is 12.4. The zero-order valence-corrected chi connectivity index (χ0v) is 12.1. The lowest BCUT2D eigenvalue weighted by Gasteiger charge is -2.17. The first-order chi connectivity index (χ1) is 9.10. The molecule has 3 nitrogen and oxygen atoms in total. The van der Waals surface area contributed by atoms with E-state index in [9.17, 15) is 0 Å². The molecule has 1 heterocycles. The van der Waals surface area contributed by atoms with E-state index in [1.165, 1.54) is 16.7 Å². The molecule has 1 aromatic carbocycles. The van der Waals surface area contributed by atoms with Gasteiger partial charge in [-0.05, 0) is 51.4 Å². The molecule has 19 heavy (non-hydrogen) atoms. The maximum atomic E-state index is 4.52. The largest absolute Gasteiger partial charge is 0.311 e. The van der Waals surface area contributed by atoms with Crippen LogP contribution in [0.15, 0.2) is 30.5 Å². The van der Waals surface area contributed by atoms with Gasteiger partial charge in [-0.1, -0.05) is 23.8 Å². The van der Waals surface area contributed by atoms with Crippen LogP contribution in [0.25, 0.3) is 0 Å². The van der Waals surface area contributed by atoms with Crippen molar-refractivity contribution in [2.45, 2.75) is 33.2 Å². The Morgan fingerprint density at radius 2 is 1.95 bits per heavy atom. The summed E-state index contributed by atoms with van der Waals surface area (Å²) in [6, 6.07) is 8.81. The molecule has 100 valence electrons. The monoisotopic (exact) mass is 255 g/mol. The van der Waals surface area contributed by atoms with E-state index in [0.717, 1.165) is 17.9 Å². The van der Waals surface area contributed by atoms with Gasteiger partial charge < -0.3 is 5.32 Å². The molecule has 0 bridgehead atoms. The Labute approximate surface area is 115 Å². The van der Waals surface area contributed by atoms with Crippen LogP contribution in [0.1, 0.15) is 34.3 Å². The quantitative estimate of drug-likeness (QED) is 0.913. The van der Waals surface area contributed by atoms with Crippen molar-refractivity contribution in [1.82, 2.24) is 15.3 Å². The third-order valence-electron chi connectivity index (χ3n) is 3.43. The molecule has 0 aliphatic carbocycles. The lowest BCUT2D eigenvalue weighted by Crippen LogP contribution is -2.21. The fourth-order valence-corrected chi connectivity index (χ4v) is 2.26. The van der Waals surface area contributed by atoms with Crippen LogP contribution in [0.4, 0.5) is 0 Å². The van der Waals surface area contributed by atoms with Crippen molar-refractivity contribution in [3.8, 4) is 0 Å². The Morgan fingerprint density at radius 1 is 1.16 bits per heavy atom. The summed E-state index contributed by atoms with van der Waals surface area (Å²) in [7, 11) is 1.98. The minimum atomic E-state index is 0.224. The van der Waals surface area contributed by atoms with Gasteiger partial charge in [-0.25, -0.2) is 9.97 Å². The number of benzene rings is 1. The van der Waals surface area contributed by atoms with Crippen LogP contribution < -0.4 is 5.32 Å². The third-order valence-corrected chi connectivity index (χ3v) is 3.43. The number of nitrogens with zero attached hydrogens (tertiary/aromatic N) is 2. The van der Waals surface area contributed by atoms with Crippen molar-refractivity contribution in [1.29, 1.82) is 0 Å². The molecule has 0 aliphatic rings. The van der Waals surface area contributed by atoms with E-state index in [2.05, 4.69) is 47.3 Å². The van der Waals surface area contributed by atoms with E-state index >= 15 is 0 Å². The molecule has 0 saturated carbocycles. The Bertz CT molecular complexity index is 564. The zero-order chi connectivity index (χ0) is 13.8. The number of nitrogens with one attached hydrogen (secondary N) is 1. The van der Waals surface area contributed by atoms with Crippen molar-refractivity contribution in [3.05, 3.63) is 58.7 Å². The summed E-state index contributed by atoms with van der Waals surface area (Å²) in [5.74, 6) is 0.818. The Kier molecular flexibility index (Phi) is 4.27. The topological polar surface area (TPSA) is 37.8 Å². The second-order valence-corrected chi connectivity index (χ2v) is 5.00. The molecule has 0 aliphatic heterocycles. The molecule has 0 saturated heterocycles. The van der Waals surface area contributed by atoms with E-state index in [-0.39, 0.29) is 6.04 Å². The molecule has 1 aromatic heterocycles. The number of likely N-dealkylation sites (N-methyl/N-ethyl adjacent to an activating group) is 1. The van der Waals surface area contributed by atoms with E-state index < -0.39 is 0 Å². The summed E-state index contributed by atoms with van der Waals surface area (Å²) < 4.78 is 0. The Hall–Kier alpha value is -1.74. The van der Waals surface area contributed by atoms with Gasteiger partial charge in [0.05, 0.1) is 11.7 Å². The number of rotatable bonds is 4. The second-order valence-electron chi connectivity index (χ2n) is 5.00. The highest BCUT2D eigenvalue weighted by Crippen LogP contribution is 2.19. The van der Waals surface area contributed by atoms with Gasteiger partial charge in [-0.3, -0.25) is 0 Å². The van der Waals surface area contributed by atoms with Crippen molar-refractivity contribution in [2.24, 2.45) is 0 Å². The average Bonchev–Trinajstić information content (AvgIpc) is 2.39. The molecule has 0 fully saturated rings. The van der Waals surface area contributed by atoms with Crippen LogP contribution in [0.2, 0.25) is 0 Å². The van der Waals surface area contributed by atoms with Gasteiger partial charge in [0.2, 0.25) is 0 Å². The third kappa shape index (κ3) is 3.38. The van der Waals surface area contributed by atoms with Crippen LogP contribution in [-0.2, 0) is 6.42 Å². The van der Waals surface area contributed by atoms with E-state index in [4.69, 9.17) is 0 Å². The Balaban J connectivity index is 2.26. The van der Waals surface area contributed by atoms with Crippen molar-refractivity contribution in [3.63, 3.8) is 0 Å². The fourth-order valence-electron chi connectivity index (χ4n) is 2.26. The van der Waals surface area contributed by atoms with Gasteiger partial charge >= 0.3 is 0 Å². The van der Waals surface area contributed by atoms with E-state index in [0.29, 0.717) is 0 Å². The average molecular weight is 255 g/mol. The Morgan fingerprint density at radius 3 is 2.63 bits per heavy atom. The van der Waals surface area contributed by atoms with Crippen molar-refractivity contribution >= 4 is 0 Å². The van der Waals surface area contributed by atoms with Gasteiger partial charge in [0.15, 0.2) is 0 Å². The number of hydrogen-bond donors (Lipinski definition) is 1. The smallest absolute Gasteiger partial charge is 0.125 e. The summed E-state index contributed by atoms with van der Waals surface area (Å²) in [6.07, 6.45) is 2.77. The van der Waals surface area contributed by atoms with Gasteiger partial charge in [0.25, 0.3) is 0 Å². The van der Waals surface area contributed by atoms with Gasteiger partial charge in [0.1, 0.15) is 5.82 Å². The zero-order valence-electron chi connectivity index (χ0n) is 12.1. The fraction of sp³-hybridized carbons (Fsp3) is 0.375. The lowest BCUT2D eigenvalue weighted by molar-refractivity contribution is 0.571. The SMILES string of the molecule is CNC(Cc1cc(C)ccc1C)c1ccnc(C)n1. The summed E-state index contributed by atoms with van der Waals surface area (Å²) in [6.45, 7) is 6.22. The van der Waals surface area contributed by atoms with Gasteiger partial charge in [0, 0.05) is 6.20 Å². The maximum absolute atomic E-state index is 4.52. The summed E-state index contributed by atoms with van der Waals surface area (Å²) in [5, 5.41) is 3.35. The summed E-state index contributed by atoms with van der Waals surface area (Å²) in [4.78, 5) is 8.68. The first-order valence-electron chi connectivity index (χ1n) is 6.63. The molecule has 1 atom stereocenters. The van der Waals surface area contributed by atoms with Crippen LogP contribution >= 0.6 is 0 Å². The molecule has 0 radical (unpaired) electrons. The first kappa shape index (κ1) is 13.7. The lowest BCUT2D eigenvalue weighted by atomic mass is 9.97. The van der Waals surface area contributed by atoms with Gasteiger partial charge in [-0.2, -0.15) is 0 Å². The second kappa shape index (κ2) is 5.93. The van der Waals surface area contributed by atoms with Crippen molar-refractivity contribution in [2.75, 3.05) is 7.05 Å². The van der Waals surface area contributed by atoms with E-state index in [1.807, 2.05) is 26.2 Å². The predicted octanol–water partition coefficient (Wildman–Crippen LogP) is 2.91. The van der Waals surface area contributed by atoms with Crippen LogP contribution in [0, 0.1) is 20.8 Å². The number of aromatic nitrogens is 2. The highest BCUT2D eigenvalue weighted by Gasteiger charge is 2.13. The van der Waals surface area contributed by atoms with Gasteiger partial charge in [-0.15, -0.1) is 0 Å². The molecule has 0 amide bonds. The highest BCUT2D eigenvalue weighted by molar-refractivity contribution is 5.32. The molecule has 1 N–H and O–H groups in total. The summed E-state index contributed by atoms with van der Waals surface area (Å²) in [5.41, 5.74) is 5.05. The van der Waals surface area contributed by atoms with Crippen molar-refractivity contribution < 1.29 is 0 Å². The van der Waals surface area contributed by atoms with Crippen LogP contribution in [-0.4, -0.2) is 17.0 Å². The molecule has 3 heteroatoms. The standard InChI is InChI=1S/C16H21N3/c1-11-5-6-12(2)14(9-11)10-16(17-4)15-7-8-18-13(3)19-15/h5-9,16-17H,10H2,1-4H3. The molecule has 0 spiro atoms. The molecule has 1 unspecified atom stereocenters. The molecular weight excluding hydrogens is 234 g/mol. The first-order valence-corrected chi connectivity index (χ1v) is 6.63. The maximum Gasteiger partial charge on any atom is 0.125 e. The predicted molar refractivity (Wildman–Crippen MR) is 78.2 cm³/mol. The summed E-state index contributed by atoms with van der Waals surface area (Å²) >= 11 is 0. The van der Waals surface area contributed by atoms with Crippen LogP contribution in [0.3, 0.4) is 0 Å². The molecule has 2 rings (SSSR count). The number of aryl methyl sites for hydroxylation is 3. The molecular formula is C16H21N3. The van der Waals surface area contributed by atoms with Crippen LogP contribution in [0.5, 0.6) is 0 Å². The van der Waals surface area contributed by atoms with E-state index in [1.54, 1.807) is 0 Å². The molecule has 2 aromatic rings.